The topological polar surface area (TPSA) is 64.4 Å². The van der Waals surface area contributed by atoms with E-state index in [1.54, 1.807) is 22.5 Å². The van der Waals surface area contributed by atoms with E-state index in [1.165, 1.54) is 6.07 Å². The van der Waals surface area contributed by atoms with Crippen LogP contribution >= 0.6 is 0 Å². The molecule has 1 aliphatic heterocycles. The third-order valence-corrected chi connectivity index (χ3v) is 6.19. The van der Waals surface area contributed by atoms with Gasteiger partial charge in [0.1, 0.15) is 0 Å². The summed E-state index contributed by atoms with van der Waals surface area (Å²) in [5, 5.41) is 9.04. The normalized spacial score (nSPS) is 19.8. The van der Waals surface area contributed by atoms with E-state index in [2.05, 4.69) is 4.90 Å². The van der Waals surface area contributed by atoms with E-state index >= 15 is 0 Å². The Kier molecular flexibility index (Phi) is 4.67. The average molecular weight is 341 g/mol. The molecule has 0 radical (unpaired) electrons. The van der Waals surface area contributed by atoms with E-state index in [4.69, 9.17) is 5.26 Å². The van der Waals surface area contributed by atoms with Crippen LogP contribution < -0.4 is 0 Å². The molecule has 1 atom stereocenters. The van der Waals surface area contributed by atoms with Crippen LogP contribution in [0.3, 0.4) is 0 Å². The number of sulfonamides is 1. The van der Waals surface area contributed by atoms with Crippen molar-refractivity contribution < 1.29 is 8.42 Å². The van der Waals surface area contributed by atoms with Crippen LogP contribution in [-0.2, 0) is 10.0 Å². The first-order valence-corrected chi connectivity index (χ1v) is 9.22. The van der Waals surface area contributed by atoms with Crippen molar-refractivity contribution in [1.29, 1.82) is 5.26 Å². The van der Waals surface area contributed by atoms with Crippen LogP contribution in [-0.4, -0.2) is 44.3 Å². The van der Waals surface area contributed by atoms with Gasteiger partial charge >= 0.3 is 0 Å². The molecule has 2 aromatic rings. The molecular formula is C18H19N3O2S. The Balaban J connectivity index is 2.02. The molecule has 0 bridgehead atoms. The van der Waals surface area contributed by atoms with Crippen molar-refractivity contribution in [3.05, 3.63) is 65.7 Å². The smallest absolute Gasteiger partial charge is 0.243 e. The molecule has 0 saturated carbocycles. The van der Waals surface area contributed by atoms with Crippen LogP contribution in [0.2, 0.25) is 0 Å². The zero-order valence-corrected chi connectivity index (χ0v) is 14.3. The average Bonchev–Trinajstić information content (AvgIpc) is 2.62. The third-order valence-electron chi connectivity index (χ3n) is 4.29. The van der Waals surface area contributed by atoms with Gasteiger partial charge < -0.3 is 4.90 Å². The Bertz CT molecular complexity index is 859. The summed E-state index contributed by atoms with van der Waals surface area (Å²) < 4.78 is 27.8. The van der Waals surface area contributed by atoms with Gasteiger partial charge in [0.15, 0.2) is 0 Å². The van der Waals surface area contributed by atoms with Gasteiger partial charge in [-0.25, -0.2) is 8.42 Å². The molecule has 0 amide bonds. The van der Waals surface area contributed by atoms with Crippen molar-refractivity contribution in [3.63, 3.8) is 0 Å². The fraction of sp³-hybridized carbons (Fsp3) is 0.278. The van der Waals surface area contributed by atoms with Crippen molar-refractivity contribution in [3.8, 4) is 6.07 Å². The van der Waals surface area contributed by atoms with Gasteiger partial charge in [0.25, 0.3) is 0 Å². The van der Waals surface area contributed by atoms with Crippen LogP contribution in [0, 0.1) is 11.3 Å². The Hall–Kier alpha value is -2.20. The van der Waals surface area contributed by atoms with Crippen LogP contribution in [0.5, 0.6) is 0 Å². The highest BCUT2D eigenvalue weighted by atomic mass is 32.2. The van der Waals surface area contributed by atoms with Crippen molar-refractivity contribution >= 4 is 10.0 Å². The maximum Gasteiger partial charge on any atom is 0.243 e. The van der Waals surface area contributed by atoms with Gasteiger partial charge in [-0.1, -0.05) is 36.4 Å². The summed E-state index contributed by atoms with van der Waals surface area (Å²) in [5.41, 5.74) is 1.32. The van der Waals surface area contributed by atoms with Crippen molar-refractivity contribution in [1.82, 2.24) is 9.21 Å². The van der Waals surface area contributed by atoms with Gasteiger partial charge in [0.2, 0.25) is 10.0 Å². The molecule has 1 saturated heterocycles. The summed E-state index contributed by atoms with van der Waals surface area (Å²) in [6.45, 7) is 1.75. The minimum atomic E-state index is -3.66. The van der Waals surface area contributed by atoms with E-state index in [0.717, 1.165) is 5.56 Å². The lowest BCUT2D eigenvalue weighted by atomic mass is 10.1. The zero-order chi connectivity index (χ0) is 17.2. The first-order chi connectivity index (χ1) is 11.5. The second-order valence-electron chi connectivity index (χ2n) is 5.94. The van der Waals surface area contributed by atoms with Gasteiger partial charge in [-0.15, -0.1) is 0 Å². The summed E-state index contributed by atoms with van der Waals surface area (Å²) >= 11 is 0. The molecule has 0 unspecified atom stereocenters. The Labute approximate surface area is 142 Å². The predicted octanol–water partition coefficient (Wildman–Crippen LogP) is 2.24. The number of likely N-dealkylation sites (N-methyl/N-ethyl adjacent to an activating group) is 1. The molecule has 124 valence electrons. The fourth-order valence-corrected chi connectivity index (χ4v) is 4.64. The Morgan fingerprint density at radius 3 is 2.54 bits per heavy atom. The number of hydrogen-bond donors (Lipinski definition) is 0. The van der Waals surface area contributed by atoms with Gasteiger partial charge in [-0.3, -0.25) is 0 Å². The first-order valence-electron chi connectivity index (χ1n) is 7.78. The van der Waals surface area contributed by atoms with Crippen LogP contribution in [0.25, 0.3) is 0 Å². The maximum atomic E-state index is 13.1. The number of hydrogen-bond acceptors (Lipinski definition) is 4. The minimum Gasteiger partial charge on any atom is -0.303 e. The Morgan fingerprint density at radius 2 is 1.83 bits per heavy atom. The number of nitrogens with zero attached hydrogens (tertiary/aromatic N) is 3. The second-order valence-corrected chi connectivity index (χ2v) is 7.83. The first kappa shape index (κ1) is 16.7. The fourth-order valence-electron chi connectivity index (χ4n) is 3.00. The molecule has 5 nitrogen and oxygen atoms in total. The standard InChI is InChI=1S/C18H19N3O2S/c1-20-10-11-21(18(14-20)16-7-3-2-4-8-16)24(22,23)17-9-5-6-15(12-17)13-19/h2-9,12,18H,10-11,14H2,1H3/t18-/m1/s1. The highest BCUT2D eigenvalue weighted by Crippen LogP contribution is 2.30. The predicted molar refractivity (Wildman–Crippen MR) is 91.7 cm³/mol. The number of benzene rings is 2. The summed E-state index contributed by atoms with van der Waals surface area (Å²) in [6, 6.07) is 17.7. The zero-order valence-electron chi connectivity index (χ0n) is 13.5. The molecule has 0 spiro atoms. The summed E-state index contributed by atoms with van der Waals surface area (Å²) in [4.78, 5) is 2.31. The number of nitriles is 1. The third kappa shape index (κ3) is 3.20. The molecule has 2 aromatic carbocycles. The molecule has 1 fully saturated rings. The molecule has 1 heterocycles. The minimum absolute atomic E-state index is 0.173. The van der Waals surface area contributed by atoms with Crippen LogP contribution in [0.15, 0.2) is 59.5 Å². The number of piperazine rings is 1. The lowest BCUT2D eigenvalue weighted by Crippen LogP contribution is -2.49. The van der Waals surface area contributed by atoms with E-state index in [-0.39, 0.29) is 10.9 Å². The Morgan fingerprint density at radius 1 is 1.08 bits per heavy atom. The highest BCUT2D eigenvalue weighted by Gasteiger charge is 2.36. The molecule has 6 heteroatoms. The summed E-state index contributed by atoms with van der Waals surface area (Å²) in [5.74, 6) is 0. The lowest BCUT2D eigenvalue weighted by Gasteiger charge is -2.39. The lowest BCUT2D eigenvalue weighted by molar-refractivity contribution is 0.160. The summed E-state index contributed by atoms with van der Waals surface area (Å²) in [6.07, 6.45) is 0. The molecule has 1 aliphatic rings. The SMILES string of the molecule is CN1CCN(S(=O)(=O)c2cccc(C#N)c2)[C@@H](c2ccccc2)C1. The quantitative estimate of drug-likeness (QED) is 0.859. The molecular weight excluding hydrogens is 322 g/mol. The van der Waals surface area contributed by atoms with Crippen molar-refractivity contribution in [2.24, 2.45) is 0 Å². The van der Waals surface area contributed by atoms with E-state index in [1.807, 2.05) is 43.4 Å². The van der Waals surface area contributed by atoms with Crippen LogP contribution in [0.4, 0.5) is 0 Å². The number of rotatable bonds is 3. The molecule has 3 rings (SSSR count). The summed E-state index contributed by atoms with van der Waals surface area (Å²) in [7, 11) is -1.66. The van der Waals surface area contributed by atoms with Crippen molar-refractivity contribution in [2.75, 3.05) is 26.7 Å². The monoisotopic (exact) mass is 341 g/mol. The molecule has 0 aromatic heterocycles. The van der Waals surface area contributed by atoms with Gasteiger partial charge in [-0.2, -0.15) is 9.57 Å². The van der Waals surface area contributed by atoms with Crippen molar-refractivity contribution in [2.45, 2.75) is 10.9 Å². The second kappa shape index (κ2) is 6.73. The van der Waals surface area contributed by atoms with Gasteiger partial charge in [-0.05, 0) is 30.8 Å². The molecule has 0 N–H and O–H groups in total. The molecule has 24 heavy (non-hydrogen) atoms. The van der Waals surface area contributed by atoms with E-state index in [0.29, 0.717) is 25.2 Å². The van der Waals surface area contributed by atoms with E-state index < -0.39 is 10.0 Å². The van der Waals surface area contributed by atoms with E-state index in [9.17, 15) is 8.42 Å². The maximum absolute atomic E-state index is 13.1. The van der Waals surface area contributed by atoms with Crippen LogP contribution in [0.1, 0.15) is 17.2 Å². The highest BCUT2D eigenvalue weighted by molar-refractivity contribution is 7.89. The van der Waals surface area contributed by atoms with Gasteiger partial charge in [0, 0.05) is 19.6 Å². The van der Waals surface area contributed by atoms with Gasteiger partial charge in [0.05, 0.1) is 22.6 Å². The largest absolute Gasteiger partial charge is 0.303 e. The molecule has 0 aliphatic carbocycles.